The van der Waals surface area contributed by atoms with E-state index in [1.807, 2.05) is 6.92 Å². The van der Waals surface area contributed by atoms with Gasteiger partial charge in [-0.05, 0) is 77.6 Å². The Bertz CT molecular complexity index is 966. The summed E-state index contributed by atoms with van der Waals surface area (Å²) in [4.78, 5) is 35.3. The third-order valence-corrected chi connectivity index (χ3v) is 13.3. The summed E-state index contributed by atoms with van der Waals surface area (Å²) in [6, 6.07) is 0. The lowest BCUT2D eigenvalue weighted by molar-refractivity contribution is -0.150. The Kier molecular flexibility index (Phi) is 42.4. The minimum absolute atomic E-state index is 0.0126. The molecule has 0 spiro atoms. The van der Waals surface area contributed by atoms with E-state index in [9.17, 15) is 14.4 Å². The summed E-state index contributed by atoms with van der Waals surface area (Å²) < 4.78 is 16.7. The number of carbonyl (C=O) groups excluding carboxylic acids is 3. The van der Waals surface area contributed by atoms with Gasteiger partial charge in [0.25, 0.3) is 0 Å². The van der Waals surface area contributed by atoms with Gasteiger partial charge in [0.1, 0.15) is 12.2 Å². The fourth-order valence-electron chi connectivity index (χ4n) is 9.23. The average Bonchev–Trinajstić information content (AvgIpc) is 3.24. The van der Waals surface area contributed by atoms with E-state index in [0.717, 1.165) is 57.8 Å². The van der Waals surface area contributed by atoms with Crippen LogP contribution < -0.4 is 0 Å². The van der Waals surface area contributed by atoms with Crippen molar-refractivity contribution in [2.24, 2.45) is 0 Å². The third-order valence-electron chi connectivity index (χ3n) is 13.3. The van der Waals surface area contributed by atoms with Crippen LogP contribution in [0.2, 0.25) is 0 Å². The highest BCUT2D eigenvalue weighted by Crippen LogP contribution is 2.20. The summed E-state index contributed by atoms with van der Waals surface area (Å²) in [7, 11) is 0. The first kappa shape index (κ1) is 57.4. The van der Waals surface area contributed by atoms with Crippen LogP contribution in [0.25, 0.3) is 0 Å². The zero-order valence-electron chi connectivity index (χ0n) is 41.2. The first-order chi connectivity index (χ1) is 29.9. The van der Waals surface area contributed by atoms with E-state index in [0.29, 0.717) is 19.3 Å². The summed E-state index contributed by atoms with van der Waals surface area (Å²) in [5.74, 6) is 0.0807. The molecule has 0 radical (unpaired) electrons. The molecule has 0 N–H and O–H groups in total. The van der Waals surface area contributed by atoms with Crippen molar-refractivity contribution in [3.8, 4) is 0 Å². The van der Waals surface area contributed by atoms with Crippen molar-refractivity contribution >= 4 is 17.9 Å². The van der Waals surface area contributed by atoms with Crippen molar-refractivity contribution in [2.75, 3.05) is 0 Å². The molecule has 0 saturated carbocycles. The van der Waals surface area contributed by atoms with Crippen LogP contribution in [0.1, 0.15) is 316 Å². The van der Waals surface area contributed by atoms with Crippen LogP contribution in [0.4, 0.5) is 0 Å². The molecule has 6 nitrogen and oxygen atoms in total. The first-order valence-corrected chi connectivity index (χ1v) is 27.5. The van der Waals surface area contributed by atoms with Gasteiger partial charge in [-0.25, -0.2) is 0 Å². The molecule has 3 aliphatic rings. The van der Waals surface area contributed by atoms with Gasteiger partial charge in [-0.3, -0.25) is 14.4 Å². The lowest BCUT2D eigenvalue weighted by Crippen LogP contribution is -2.18. The normalized spacial score (nSPS) is 25.6. The number of hydrogen-bond acceptors (Lipinski definition) is 6. The van der Waals surface area contributed by atoms with Gasteiger partial charge in [0.2, 0.25) is 0 Å². The second-order valence-corrected chi connectivity index (χ2v) is 19.4. The van der Waals surface area contributed by atoms with Crippen LogP contribution in [0, 0.1) is 0 Å². The Balaban J connectivity index is 0.000000458. The van der Waals surface area contributed by atoms with Crippen molar-refractivity contribution in [1.29, 1.82) is 0 Å². The molecular formula is C55H104O6. The van der Waals surface area contributed by atoms with Crippen molar-refractivity contribution < 1.29 is 28.6 Å². The van der Waals surface area contributed by atoms with Gasteiger partial charge < -0.3 is 14.2 Å². The van der Waals surface area contributed by atoms with Gasteiger partial charge in [0.05, 0.1) is 6.10 Å². The molecule has 360 valence electrons. The molecule has 3 aliphatic heterocycles. The van der Waals surface area contributed by atoms with Crippen molar-refractivity contribution in [3.63, 3.8) is 0 Å². The molecule has 0 aromatic rings. The second kappa shape index (κ2) is 45.0. The smallest absolute Gasteiger partial charge is 0.306 e. The summed E-state index contributed by atoms with van der Waals surface area (Å²) in [6.45, 7) is 6.34. The first-order valence-electron chi connectivity index (χ1n) is 27.5. The van der Waals surface area contributed by atoms with Gasteiger partial charge in [0.15, 0.2) is 0 Å². The monoisotopic (exact) mass is 861 g/mol. The molecule has 3 fully saturated rings. The maximum Gasteiger partial charge on any atom is 0.306 e. The van der Waals surface area contributed by atoms with Crippen molar-refractivity contribution in [2.45, 2.75) is 334 Å². The highest BCUT2D eigenvalue weighted by Gasteiger charge is 2.15. The molecule has 0 aromatic heterocycles. The number of rotatable bonds is 3. The van der Waals surface area contributed by atoms with Crippen LogP contribution in [-0.2, 0) is 28.6 Å². The lowest BCUT2D eigenvalue weighted by atomic mass is 10.0. The van der Waals surface area contributed by atoms with Gasteiger partial charge in [-0.1, -0.05) is 219 Å². The summed E-state index contributed by atoms with van der Waals surface area (Å²) in [5.41, 5.74) is 0. The zero-order valence-corrected chi connectivity index (χ0v) is 41.2. The Morgan fingerprint density at radius 3 is 0.885 bits per heavy atom. The molecule has 3 heterocycles. The number of cyclic esters (lactones) is 3. The molecule has 0 bridgehead atoms. The van der Waals surface area contributed by atoms with Crippen molar-refractivity contribution in [3.05, 3.63) is 0 Å². The lowest BCUT2D eigenvalue weighted by Gasteiger charge is -2.17. The van der Waals surface area contributed by atoms with E-state index < -0.39 is 0 Å². The van der Waals surface area contributed by atoms with Gasteiger partial charge in [-0.15, -0.1) is 0 Å². The highest BCUT2D eigenvalue weighted by molar-refractivity contribution is 5.70. The van der Waals surface area contributed by atoms with E-state index in [-0.39, 0.29) is 36.2 Å². The molecule has 0 aliphatic carbocycles. The maximum absolute atomic E-state index is 11.8. The van der Waals surface area contributed by atoms with Gasteiger partial charge in [0, 0.05) is 19.3 Å². The predicted molar refractivity (Wildman–Crippen MR) is 259 cm³/mol. The van der Waals surface area contributed by atoms with E-state index in [4.69, 9.17) is 14.2 Å². The number of ether oxygens (including phenoxy) is 3. The number of hydrogen-bond donors (Lipinski definition) is 0. The largest absolute Gasteiger partial charge is 0.463 e. The molecule has 3 unspecified atom stereocenters. The Labute approximate surface area is 379 Å². The molecule has 61 heavy (non-hydrogen) atoms. The molecule has 6 heteroatoms. The summed E-state index contributed by atoms with van der Waals surface area (Å²) >= 11 is 0. The Morgan fingerprint density at radius 1 is 0.328 bits per heavy atom. The third kappa shape index (κ3) is 40.9. The molecule has 3 saturated heterocycles. The minimum Gasteiger partial charge on any atom is -0.463 e. The summed E-state index contributed by atoms with van der Waals surface area (Å²) in [5, 5.41) is 0. The zero-order chi connectivity index (χ0) is 44.1. The van der Waals surface area contributed by atoms with Crippen LogP contribution in [0.3, 0.4) is 0 Å². The van der Waals surface area contributed by atoms with Crippen LogP contribution in [0.15, 0.2) is 0 Å². The maximum atomic E-state index is 11.8. The summed E-state index contributed by atoms with van der Waals surface area (Å²) in [6.07, 6.45) is 57.0. The van der Waals surface area contributed by atoms with E-state index in [1.165, 1.54) is 218 Å². The van der Waals surface area contributed by atoms with Crippen LogP contribution in [-0.4, -0.2) is 36.2 Å². The van der Waals surface area contributed by atoms with Crippen LogP contribution >= 0.6 is 0 Å². The van der Waals surface area contributed by atoms with Gasteiger partial charge in [-0.2, -0.15) is 0 Å². The SMILES string of the molecule is CC1CCCCCCCCCCCCCCCC(=O)O1.CCC1CCCCCCCCCCCCCCCC(=O)O1.CCCC1CCCCCCCCCCCCCC(=O)O1. The molecule has 3 rings (SSSR count). The van der Waals surface area contributed by atoms with Gasteiger partial charge >= 0.3 is 17.9 Å². The highest BCUT2D eigenvalue weighted by atomic mass is 16.5. The minimum atomic E-state index is 0.0126. The fourth-order valence-corrected chi connectivity index (χ4v) is 9.23. The van der Waals surface area contributed by atoms with E-state index in [2.05, 4.69) is 13.8 Å². The topological polar surface area (TPSA) is 78.9 Å². The second-order valence-electron chi connectivity index (χ2n) is 19.4. The predicted octanol–water partition coefficient (Wildman–Crippen LogP) is 17.7. The van der Waals surface area contributed by atoms with E-state index >= 15 is 0 Å². The standard InChI is InChI=1S/C19H36O2.2C18H34O2/c1-2-18-16-14-12-10-8-6-4-3-5-7-9-11-13-15-17-19(20)21-18;1-17-15-13-11-9-7-5-3-2-4-6-8-10-12-14-16-18(19)20-17;1-2-14-17-15-12-10-8-6-4-3-5-7-9-11-13-16-18(19)20-17/h18H,2-17H2,1H3;2*17H,2-16H2,1H3. The average molecular weight is 861 g/mol. The molecule has 3 atom stereocenters. The Hall–Kier alpha value is -1.59. The fraction of sp³-hybridized carbons (Fsp3) is 0.945. The van der Waals surface area contributed by atoms with E-state index in [1.54, 1.807) is 0 Å². The quantitative estimate of drug-likeness (QED) is 0.208. The number of esters is 3. The Morgan fingerprint density at radius 2 is 0.574 bits per heavy atom. The van der Waals surface area contributed by atoms with Crippen LogP contribution in [0.5, 0.6) is 0 Å². The molecule has 0 aromatic carbocycles. The number of carbonyl (C=O) groups is 3. The molecular weight excluding hydrogens is 757 g/mol. The van der Waals surface area contributed by atoms with Crippen molar-refractivity contribution in [1.82, 2.24) is 0 Å². The molecule has 0 amide bonds.